The van der Waals surface area contributed by atoms with Crippen LogP contribution >= 0.6 is 0 Å². The number of amides is 1. The molecule has 0 aliphatic rings. The van der Waals surface area contributed by atoms with E-state index in [1.165, 1.54) is 0 Å². The van der Waals surface area contributed by atoms with Gasteiger partial charge in [0.2, 0.25) is 5.91 Å². The third-order valence-electron chi connectivity index (χ3n) is 2.15. The summed E-state index contributed by atoms with van der Waals surface area (Å²) in [7, 11) is 0. The van der Waals surface area contributed by atoms with Gasteiger partial charge in [-0.05, 0) is 13.3 Å². The van der Waals surface area contributed by atoms with Crippen LogP contribution in [0, 0.1) is 0 Å². The predicted molar refractivity (Wildman–Crippen MR) is 57.4 cm³/mol. The van der Waals surface area contributed by atoms with E-state index in [0.29, 0.717) is 6.54 Å². The maximum Gasteiger partial charge on any atom is 0.265 e. The van der Waals surface area contributed by atoms with Crippen LogP contribution in [-0.2, 0) is 4.79 Å². The second-order valence-electron chi connectivity index (χ2n) is 3.68. The first-order valence-electron chi connectivity index (χ1n) is 5.46. The first-order valence-corrected chi connectivity index (χ1v) is 5.46. The lowest BCUT2D eigenvalue weighted by molar-refractivity contribution is -0.123. The van der Waals surface area contributed by atoms with Gasteiger partial charge in [-0.25, -0.2) is 8.78 Å². The maximum absolute atomic E-state index is 11.9. The highest BCUT2D eigenvalue weighted by molar-refractivity contribution is 5.81. The Labute approximate surface area is 94.4 Å². The third-order valence-corrected chi connectivity index (χ3v) is 2.15. The summed E-state index contributed by atoms with van der Waals surface area (Å²) in [6.07, 6.45) is -2.65. The van der Waals surface area contributed by atoms with Crippen molar-refractivity contribution in [3.8, 4) is 0 Å². The van der Waals surface area contributed by atoms with Crippen molar-refractivity contribution in [3.63, 3.8) is 0 Å². The quantitative estimate of drug-likeness (QED) is 0.540. The van der Waals surface area contributed by atoms with Crippen LogP contribution in [0.15, 0.2) is 0 Å². The Morgan fingerprint density at radius 2 is 2.06 bits per heavy atom. The minimum Gasteiger partial charge on any atom is -0.386 e. The Morgan fingerprint density at radius 3 is 2.56 bits per heavy atom. The molecule has 0 aromatic carbocycles. The fraction of sp³-hybridized carbons (Fsp3) is 0.900. The minimum absolute atomic E-state index is 0.241. The number of hydrogen-bond donors (Lipinski definition) is 3. The zero-order valence-corrected chi connectivity index (χ0v) is 9.67. The first-order chi connectivity index (χ1) is 7.49. The zero-order valence-electron chi connectivity index (χ0n) is 9.67. The smallest absolute Gasteiger partial charge is 0.265 e. The summed E-state index contributed by atoms with van der Waals surface area (Å²) in [4.78, 5) is 11.4. The number of carbonyl (C=O) groups excluding carboxylic acids is 1. The van der Waals surface area contributed by atoms with E-state index >= 15 is 0 Å². The zero-order chi connectivity index (χ0) is 12.6. The molecule has 0 fully saturated rings. The molecule has 4 nitrogen and oxygen atoms in total. The molecule has 0 aromatic rings. The van der Waals surface area contributed by atoms with Gasteiger partial charge in [0.1, 0.15) is 6.10 Å². The number of alkyl halides is 2. The molecule has 6 heteroatoms. The summed E-state index contributed by atoms with van der Waals surface area (Å²) in [5.41, 5.74) is 0. The van der Waals surface area contributed by atoms with Crippen molar-refractivity contribution in [2.75, 3.05) is 13.1 Å². The molecule has 0 bridgehead atoms. The average Bonchev–Trinajstić information content (AvgIpc) is 2.25. The van der Waals surface area contributed by atoms with E-state index in [1.54, 1.807) is 6.92 Å². The molecule has 3 N–H and O–H groups in total. The van der Waals surface area contributed by atoms with Gasteiger partial charge in [0, 0.05) is 13.1 Å². The van der Waals surface area contributed by atoms with Gasteiger partial charge >= 0.3 is 0 Å². The highest BCUT2D eigenvalue weighted by atomic mass is 19.3. The van der Waals surface area contributed by atoms with Crippen molar-refractivity contribution in [2.24, 2.45) is 0 Å². The van der Waals surface area contributed by atoms with Crippen LogP contribution in [-0.4, -0.2) is 42.7 Å². The Balaban J connectivity index is 3.70. The Hall–Kier alpha value is -0.750. The molecule has 0 saturated carbocycles. The minimum atomic E-state index is -2.79. The Morgan fingerprint density at radius 1 is 1.44 bits per heavy atom. The molecule has 0 spiro atoms. The molecular formula is C10H20F2N2O2. The molecule has 0 rings (SSSR count). The number of hydrogen-bond acceptors (Lipinski definition) is 3. The summed E-state index contributed by atoms with van der Waals surface area (Å²) >= 11 is 0. The van der Waals surface area contributed by atoms with E-state index in [1.807, 2.05) is 6.92 Å². The van der Waals surface area contributed by atoms with Crippen molar-refractivity contribution in [3.05, 3.63) is 0 Å². The number of unbranched alkanes of at least 4 members (excludes halogenated alkanes) is 1. The maximum atomic E-state index is 11.9. The molecule has 1 amide bonds. The van der Waals surface area contributed by atoms with E-state index < -0.39 is 18.6 Å². The summed E-state index contributed by atoms with van der Waals surface area (Å²) in [6, 6.07) is -0.578. The number of nitrogens with one attached hydrogen (secondary N) is 2. The van der Waals surface area contributed by atoms with Crippen LogP contribution < -0.4 is 10.6 Å². The molecule has 0 aliphatic carbocycles. The van der Waals surface area contributed by atoms with Gasteiger partial charge < -0.3 is 15.7 Å². The fourth-order valence-electron chi connectivity index (χ4n) is 1.02. The highest BCUT2D eigenvalue weighted by Gasteiger charge is 2.19. The summed E-state index contributed by atoms with van der Waals surface area (Å²) in [5.74, 6) is -0.241. The normalized spacial score (nSPS) is 14.9. The average molecular weight is 238 g/mol. The molecule has 0 radical (unpaired) electrons. The lowest BCUT2D eigenvalue weighted by atomic mass is 10.2. The van der Waals surface area contributed by atoms with Gasteiger partial charge in [-0.2, -0.15) is 0 Å². The molecule has 2 atom stereocenters. The van der Waals surface area contributed by atoms with E-state index in [-0.39, 0.29) is 12.5 Å². The van der Waals surface area contributed by atoms with Crippen molar-refractivity contribution >= 4 is 5.91 Å². The topological polar surface area (TPSA) is 61.4 Å². The van der Waals surface area contributed by atoms with Crippen molar-refractivity contribution in [2.45, 2.75) is 45.3 Å². The number of aliphatic hydroxyl groups is 1. The van der Waals surface area contributed by atoms with Crippen LogP contribution in [0.1, 0.15) is 26.7 Å². The van der Waals surface area contributed by atoms with Gasteiger partial charge in [-0.1, -0.05) is 13.3 Å². The standard InChI is InChI=1S/C10H20F2N2O2/c1-3-4-5-13-10(16)7(2)14-6-8(15)9(11)12/h7-9,14-15H,3-6H2,1-2H3,(H,13,16). The molecule has 0 heterocycles. The largest absolute Gasteiger partial charge is 0.386 e. The molecule has 96 valence electrons. The van der Waals surface area contributed by atoms with Gasteiger partial charge in [0.15, 0.2) is 0 Å². The summed E-state index contributed by atoms with van der Waals surface area (Å²) < 4.78 is 23.9. The van der Waals surface area contributed by atoms with Crippen molar-refractivity contribution in [1.29, 1.82) is 0 Å². The molecule has 0 aromatic heterocycles. The van der Waals surface area contributed by atoms with E-state index in [4.69, 9.17) is 5.11 Å². The fourth-order valence-corrected chi connectivity index (χ4v) is 1.02. The Kier molecular flexibility index (Phi) is 8.01. The second kappa shape index (κ2) is 8.41. The lowest BCUT2D eigenvalue weighted by Gasteiger charge is -2.16. The number of rotatable bonds is 8. The van der Waals surface area contributed by atoms with Gasteiger partial charge in [0.05, 0.1) is 6.04 Å². The molecule has 0 saturated heterocycles. The SMILES string of the molecule is CCCCNC(=O)C(C)NCC(O)C(F)F. The van der Waals surface area contributed by atoms with Crippen molar-refractivity contribution < 1.29 is 18.7 Å². The van der Waals surface area contributed by atoms with Crippen LogP contribution in [0.3, 0.4) is 0 Å². The van der Waals surface area contributed by atoms with E-state index in [2.05, 4.69) is 10.6 Å². The van der Waals surface area contributed by atoms with Crippen LogP contribution in [0.5, 0.6) is 0 Å². The number of carbonyl (C=O) groups is 1. The predicted octanol–water partition coefficient (Wildman–Crippen LogP) is 0.507. The van der Waals surface area contributed by atoms with Crippen molar-refractivity contribution in [1.82, 2.24) is 10.6 Å². The van der Waals surface area contributed by atoms with Gasteiger partial charge in [-0.3, -0.25) is 4.79 Å². The number of halogens is 2. The van der Waals surface area contributed by atoms with Crippen LogP contribution in [0.25, 0.3) is 0 Å². The first kappa shape index (κ1) is 15.2. The summed E-state index contributed by atoms with van der Waals surface area (Å²) in [6.45, 7) is 3.87. The van der Waals surface area contributed by atoms with Crippen LogP contribution in [0.4, 0.5) is 8.78 Å². The van der Waals surface area contributed by atoms with E-state index in [9.17, 15) is 13.6 Å². The van der Waals surface area contributed by atoms with Crippen LogP contribution in [0.2, 0.25) is 0 Å². The second-order valence-corrected chi connectivity index (χ2v) is 3.68. The molecular weight excluding hydrogens is 218 g/mol. The lowest BCUT2D eigenvalue weighted by Crippen LogP contribution is -2.46. The molecule has 16 heavy (non-hydrogen) atoms. The van der Waals surface area contributed by atoms with Gasteiger partial charge in [-0.15, -0.1) is 0 Å². The molecule has 0 aliphatic heterocycles. The van der Waals surface area contributed by atoms with Gasteiger partial charge in [0.25, 0.3) is 6.43 Å². The molecule has 2 unspecified atom stereocenters. The monoisotopic (exact) mass is 238 g/mol. The number of aliphatic hydroxyl groups excluding tert-OH is 1. The Bertz CT molecular complexity index is 203. The summed E-state index contributed by atoms with van der Waals surface area (Å²) in [5, 5.41) is 14.0. The highest BCUT2D eigenvalue weighted by Crippen LogP contribution is 1.99. The third kappa shape index (κ3) is 6.68. The van der Waals surface area contributed by atoms with E-state index in [0.717, 1.165) is 12.8 Å².